The Morgan fingerprint density at radius 2 is 1.68 bits per heavy atom. The summed E-state index contributed by atoms with van der Waals surface area (Å²) in [5, 5.41) is 3.80. The third-order valence-electron chi connectivity index (χ3n) is 5.81. The van der Waals surface area contributed by atoms with Crippen LogP contribution in [0.4, 0.5) is 0 Å². The summed E-state index contributed by atoms with van der Waals surface area (Å²) in [6.07, 6.45) is 6.29. The summed E-state index contributed by atoms with van der Waals surface area (Å²) in [6, 6.07) is 16.6. The molecule has 4 nitrogen and oxygen atoms in total. The van der Waals surface area contributed by atoms with Gasteiger partial charge in [0.2, 0.25) is 11.8 Å². The first kappa shape index (κ1) is 23.6. The molecule has 31 heavy (non-hydrogen) atoms. The Kier molecular flexibility index (Phi) is 9.23. The zero-order valence-electron chi connectivity index (χ0n) is 17.7. The van der Waals surface area contributed by atoms with Crippen LogP contribution in [-0.4, -0.2) is 35.2 Å². The minimum absolute atomic E-state index is 0.121. The monoisotopic (exact) mass is 460 g/mol. The van der Waals surface area contributed by atoms with E-state index >= 15 is 0 Å². The van der Waals surface area contributed by atoms with E-state index in [1.165, 1.54) is 6.42 Å². The van der Waals surface area contributed by atoms with Crippen LogP contribution in [0.25, 0.3) is 0 Å². The molecule has 0 radical (unpaired) electrons. The number of carbonyl (C=O) groups is 2. The molecule has 2 amide bonds. The van der Waals surface area contributed by atoms with E-state index in [2.05, 4.69) is 5.32 Å². The Hall–Kier alpha value is -2.04. The highest BCUT2D eigenvalue weighted by molar-refractivity contribution is 6.30. The van der Waals surface area contributed by atoms with Crippen LogP contribution in [0.5, 0.6) is 0 Å². The molecule has 0 heterocycles. The van der Waals surface area contributed by atoms with Gasteiger partial charge in [-0.2, -0.15) is 0 Å². The minimum Gasteiger partial charge on any atom is -0.351 e. The standard InChI is InChI=1S/C25H30Cl2N2O2/c26-17-15-23(30)29(18-16-19-7-3-1-4-8-19)24(20-11-13-21(27)14-12-20)25(31)28-22-9-5-2-6-10-22/h1,3-4,7-8,11-14,22,24H,2,5-6,9-10,15-18H2,(H,28,31). The Morgan fingerprint density at radius 1 is 1.00 bits per heavy atom. The number of hydrogen-bond acceptors (Lipinski definition) is 2. The summed E-state index contributed by atoms with van der Waals surface area (Å²) < 4.78 is 0. The van der Waals surface area contributed by atoms with Gasteiger partial charge < -0.3 is 10.2 Å². The quantitative estimate of drug-likeness (QED) is 0.500. The zero-order valence-corrected chi connectivity index (χ0v) is 19.2. The molecule has 6 heteroatoms. The van der Waals surface area contributed by atoms with Crippen LogP contribution in [0.1, 0.15) is 55.7 Å². The van der Waals surface area contributed by atoms with Crippen molar-refractivity contribution in [2.75, 3.05) is 12.4 Å². The predicted molar refractivity (Wildman–Crippen MR) is 126 cm³/mol. The molecule has 1 unspecified atom stereocenters. The fourth-order valence-corrected chi connectivity index (χ4v) is 4.45. The van der Waals surface area contributed by atoms with E-state index in [9.17, 15) is 9.59 Å². The van der Waals surface area contributed by atoms with Crippen molar-refractivity contribution in [1.29, 1.82) is 0 Å². The second kappa shape index (κ2) is 12.1. The molecule has 0 aliphatic heterocycles. The first-order valence-electron chi connectivity index (χ1n) is 11.0. The van der Waals surface area contributed by atoms with Crippen molar-refractivity contribution >= 4 is 35.0 Å². The lowest BCUT2D eigenvalue weighted by atomic mass is 9.94. The van der Waals surface area contributed by atoms with Gasteiger partial charge in [0.25, 0.3) is 0 Å². The van der Waals surface area contributed by atoms with E-state index in [4.69, 9.17) is 23.2 Å². The molecule has 1 aliphatic carbocycles. The normalized spacial score (nSPS) is 15.3. The smallest absolute Gasteiger partial charge is 0.247 e. The van der Waals surface area contributed by atoms with E-state index in [0.29, 0.717) is 18.0 Å². The van der Waals surface area contributed by atoms with Crippen molar-refractivity contribution in [3.8, 4) is 0 Å². The van der Waals surface area contributed by atoms with Crippen LogP contribution in [0, 0.1) is 0 Å². The average Bonchev–Trinajstić information content (AvgIpc) is 2.79. The zero-order chi connectivity index (χ0) is 22.1. The molecule has 1 fully saturated rings. The van der Waals surface area contributed by atoms with Gasteiger partial charge in [0.05, 0.1) is 0 Å². The summed E-state index contributed by atoms with van der Waals surface area (Å²) >= 11 is 12.0. The second-order valence-electron chi connectivity index (χ2n) is 8.06. The van der Waals surface area contributed by atoms with Crippen LogP contribution >= 0.6 is 23.2 Å². The lowest BCUT2D eigenvalue weighted by Crippen LogP contribution is -2.47. The SMILES string of the molecule is O=C(NC1CCCCC1)C(c1ccc(Cl)cc1)N(CCc1ccccc1)C(=O)CCCl. The Bertz CT molecular complexity index is 836. The molecule has 0 bridgehead atoms. The van der Waals surface area contributed by atoms with Gasteiger partial charge >= 0.3 is 0 Å². The fraction of sp³-hybridized carbons (Fsp3) is 0.440. The lowest BCUT2D eigenvalue weighted by molar-refractivity contribution is -0.141. The predicted octanol–water partition coefficient (Wildman–Crippen LogP) is 5.53. The maximum absolute atomic E-state index is 13.5. The summed E-state index contributed by atoms with van der Waals surface area (Å²) in [6.45, 7) is 0.436. The molecule has 0 spiro atoms. The van der Waals surface area contributed by atoms with Gasteiger partial charge in [-0.1, -0.05) is 73.3 Å². The van der Waals surface area contributed by atoms with Gasteiger partial charge in [0.1, 0.15) is 6.04 Å². The molecule has 0 aromatic heterocycles. The molecule has 1 aliphatic rings. The van der Waals surface area contributed by atoms with E-state index in [0.717, 1.165) is 36.8 Å². The van der Waals surface area contributed by atoms with Crippen LogP contribution in [0.2, 0.25) is 5.02 Å². The summed E-state index contributed by atoms with van der Waals surface area (Å²) in [5.74, 6) is -0.0343. The summed E-state index contributed by atoms with van der Waals surface area (Å²) in [5.41, 5.74) is 1.88. The van der Waals surface area contributed by atoms with Gasteiger partial charge in [0, 0.05) is 29.9 Å². The number of hydrogen-bond donors (Lipinski definition) is 1. The molecule has 166 valence electrons. The molecule has 2 aromatic carbocycles. The highest BCUT2D eigenvalue weighted by Gasteiger charge is 2.32. The molecule has 1 saturated carbocycles. The summed E-state index contributed by atoms with van der Waals surface area (Å²) in [7, 11) is 0. The third-order valence-corrected chi connectivity index (χ3v) is 6.25. The maximum atomic E-state index is 13.5. The van der Waals surface area contributed by atoms with Crippen molar-refractivity contribution in [3.63, 3.8) is 0 Å². The number of nitrogens with zero attached hydrogens (tertiary/aromatic N) is 1. The van der Waals surface area contributed by atoms with Crippen molar-refractivity contribution in [3.05, 3.63) is 70.7 Å². The lowest BCUT2D eigenvalue weighted by Gasteiger charge is -2.33. The topological polar surface area (TPSA) is 49.4 Å². The van der Waals surface area contributed by atoms with Gasteiger partial charge in [-0.3, -0.25) is 9.59 Å². The van der Waals surface area contributed by atoms with E-state index in [1.807, 2.05) is 42.5 Å². The largest absolute Gasteiger partial charge is 0.351 e. The highest BCUT2D eigenvalue weighted by atomic mass is 35.5. The Labute approximate surface area is 194 Å². The molecule has 1 N–H and O–H groups in total. The Morgan fingerprint density at radius 3 is 2.32 bits per heavy atom. The molecule has 3 rings (SSSR count). The van der Waals surface area contributed by atoms with E-state index in [-0.39, 0.29) is 30.2 Å². The van der Waals surface area contributed by atoms with Gasteiger partial charge in [-0.15, -0.1) is 11.6 Å². The van der Waals surface area contributed by atoms with E-state index < -0.39 is 6.04 Å². The van der Waals surface area contributed by atoms with Crippen LogP contribution < -0.4 is 5.32 Å². The van der Waals surface area contributed by atoms with Crippen molar-refractivity contribution in [2.45, 2.75) is 57.0 Å². The van der Waals surface area contributed by atoms with Crippen LogP contribution in [0.15, 0.2) is 54.6 Å². The highest BCUT2D eigenvalue weighted by Crippen LogP contribution is 2.26. The van der Waals surface area contributed by atoms with Gasteiger partial charge in [0.15, 0.2) is 0 Å². The fourth-order valence-electron chi connectivity index (χ4n) is 4.16. The van der Waals surface area contributed by atoms with E-state index in [1.54, 1.807) is 17.0 Å². The molecule has 2 aromatic rings. The number of nitrogens with one attached hydrogen (secondary N) is 1. The Balaban J connectivity index is 1.87. The van der Waals surface area contributed by atoms with Crippen molar-refractivity contribution in [2.24, 2.45) is 0 Å². The van der Waals surface area contributed by atoms with Crippen LogP contribution in [-0.2, 0) is 16.0 Å². The second-order valence-corrected chi connectivity index (χ2v) is 8.87. The van der Waals surface area contributed by atoms with Gasteiger partial charge in [-0.25, -0.2) is 0 Å². The molecule has 1 atom stereocenters. The van der Waals surface area contributed by atoms with Crippen LogP contribution in [0.3, 0.4) is 0 Å². The number of alkyl halides is 1. The van der Waals surface area contributed by atoms with Crippen molar-refractivity contribution in [1.82, 2.24) is 10.2 Å². The van der Waals surface area contributed by atoms with Gasteiger partial charge in [-0.05, 0) is 42.5 Å². The first-order chi connectivity index (χ1) is 15.1. The molecular weight excluding hydrogens is 431 g/mol. The molecule has 0 saturated heterocycles. The number of halogens is 2. The molecular formula is C25H30Cl2N2O2. The average molecular weight is 461 g/mol. The summed E-state index contributed by atoms with van der Waals surface area (Å²) in [4.78, 5) is 28.2. The minimum atomic E-state index is -0.710. The number of rotatable bonds is 9. The third kappa shape index (κ3) is 6.98. The number of benzene rings is 2. The first-order valence-corrected chi connectivity index (χ1v) is 11.9. The van der Waals surface area contributed by atoms with Crippen molar-refractivity contribution < 1.29 is 9.59 Å². The maximum Gasteiger partial charge on any atom is 0.247 e. The number of carbonyl (C=O) groups excluding carboxylic acids is 2. The number of amides is 2.